The number of carboxylic acid groups (broad SMARTS) is 1. The molecule has 1 heterocycles. The smallest absolute Gasteiger partial charge is 0.308 e. The van der Waals surface area contributed by atoms with E-state index in [1.54, 1.807) is 23.9 Å². The summed E-state index contributed by atoms with van der Waals surface area (Å²) < 4.78 is 0. The van der Waals surface area contributed by atoms with Crippen molar-refractivity contribution in [2.45, 2.75) is 5.25 Å². The van der Waals surface area contributed by atoms with Gasteiger partial charge in [0.2, 0.25) is 0 Å². The Hall–Kier alpha value is -0.670. The topological polar surface area (TPSA) is 37.3 Å². The van der Waals surface area contributed by atoms with Crippen molar-refractivity contribution in [1.82, 2.24) is 0 Å². The number of rotatable bonds is 2. The molecule has 2 unspecified atom stereocenters. The first-order valence-corrected chi connectivity index (χ1v) is 5.71. The molecule has 1 N–H and O–H groups in total. The lowest BCUT2D eigenvalue weighted by atomic mass is 9.99. The standard InChI is InChI=1S/C10H9ClO2S/c11-7-3-1-6(2-4-7)9-8(5-14-9)10(12)13/h1-4,8-9H,5H2,(H,12,13). The number of benzene rings is 1. The number of aliphatic carboxylic acids is 1. The van der Waals surface area contributed by atoms with E-state index in [4.69, 9.17) is 16.7 Å². The van der Waals surface area contributed by atoms with Crippen LogP contribution in [-0.2, 0) is 4.79 Å². The van der Waals surface area contributed by atoms with Gasteiger partial charge in [0, 0.05) is 16.0 Å². The van der Waals surface area contributed by atoms with Crippen molar-refractivity contribution < 1.29 is 9.90 Å². The Morgan fingerprint density at radius 1 is 1.43 bits per heavy atom. The number of carboxylic acids is 1. The highest BCUT2D eigenvalue weighted by Gasteiger charge is 2.38. The zero-order valence-electron chi connectivity index (χ0n) is 7.31. The predicted octanol–water partition coefficient (Wildman–Crippen LogP) is 2.83. The molecular formula is C10H9ClO2S. The zero-order valence-corrected chi connectivity index (χ0v) is 8.89. The van der Waals surface area contributed by atoms with Crippen LogP contribution in [0.4, 0.5) is 0 Å². The van der Waals surface area contributed by atoms with Gasteiger partial charge in [0.1, 0.15) is 0 Å². The van der Waals surface area contributed by atoms with Gasteiger partial charge in [-0.2, -0.15) is 11.8 Å². The van der Waals surface area contributed by atoms with Crippen LogP contribution >= 0.6 is 23.4 Å². The fraction of sp³-hybridized carbons (Fsp3) is 0.300. The molecule has 74 valence electrons. The zero-order chi connectivity index (χ0) is 10.1. The van der Waals surface area contributed by atoms with E-state index in [2.05, 4.69) is 0 Å². The Morgan fingerprint density at radius 2 is 2.07 bits per heavy atom. The third-order valence-corrected chi connectivity index (χ3v) is 4.10. The molecular weight excluding hydrogens is 220 g/mol. The van der Waals surface area contributed by atoms with Crippen molar-refractivity contribution in [2.24, 2.45) is 5.92 Å². The highest BCUT2D eigenvalue weighted by molar-refractivity contribution is 8.01. The molecule has 1 aromatic rings. The van der Waals surface area contributed by atoms with Crippen LogP contribution in [0.15, 0.2) is 24.3 Å². The molecule has 0 spiro atoms. The average molecular weight is 229 g/mol. The second kappa shape index (κ2) is 3.83. The third-order valence-electron chi connectivity index (χ3n) is 2.34. The van der Waals surface area contributed by atoms with Gasteiger partial charge in [0.15, 0.2) is 0 Å². The largest absolute Gasteiger partial charge is 0.481 e. The lowest BCUT2D eigenvalue weighted by Gasteiger charge is -2.33. The maximum absolute atomic E-state index is 10.8. The fourth-order valence-corrected chi connectivity index (χ4v) is 2.78. The minimum absolute atomic E-state index is 0.102. The molecule has 1 aliphatic heterocycles. The summed E-state index contributed by atoms with van der Waals surface area (Å²) in [5.41, 5.74) is 1.05. The second-order valence-electron chi connectivity index (χ2n) is 3.25. The van der Waals surface area contributed by atoms with E-state index in [1.165, 1.54) is 0 Å². The maximum Gasteiger partial charge on any atom is 0.308 e. The number of hydrogen-bond acceptors (Lipinski definition) is 2. The van der Waals surface area contributed by atoms with Crippen molar-refractivity contribution in [3.8, 4) is 0 Å². The summed E-state index contributed by atoms with van der Waals surface area (Å²) in [7, 11) is 0. The van der Waals surface area contributed by atoms with E-state index < -0.39 is 5.97 Å². The monoisotopic (exact) mass is 228 g/mol. The molecule has 4 heteroatoms. The quantitative estimate of drug-likeness (QED) is 0.846. The minimum Gasteiger partial charge on any atom is -0.481 e. The van der Waals surface area contributed by atoms with Crippen molar-refractivity contribution >= 4 is 29.3 Å². The van der Waals surface area contributed by atoms with Crippen LogP contribution in [0.2, 0.25) is 5.02 Å². The van der Waals surface area contributed by atoms with Crippen LogP contribution in [-0.4, -0.2) is 16.8 Å². The van der Waals surface area contributed by atoms with Crippen LogP contribution in [0.3, 0.4) is 0 Å². The lowest BCUT2D eigenvalue weighted by Crippen LogP contribution is -2.30. The molecule has 0 aromatic heterocycles. The van der Waals surface area contributed by atoms with Gasteiger partial charge in [-0.1, -0.05) is 23.7 Å². The van der Waals surface area contributed by atoms with E-state index >= 15 is 0 Å². The Kier molecular flexibility index (Phi) is 2.70. The second-order valence-corrected chi connectivity index (χ2v) is 4.86. The summed E-state index contributed by atoms with van der Waals surface area (Å²) in [6.45, 7) is 0. The first kappa shape index (κ1) is 9.87. The Labute approximate surface area is 91.3 Å². The fourth-order valence-electron chi connectivity index (χ4n) is 1.47. The predicted molar refractivity (Wildman–Crippen MR) is 57.8 cm³/mol. The number of carbonyl (C=O) groups is 1. The molecule has 1 saturated heterocycles. The molecule has 0 amide bonds. The van der Waals surface area contributed by atoms with Gasteiger partial charge in [-0.3, -0.25) is 4.79 Å². The number of thioether (sulfide) groups is 1. The van der Waals surface area contributed by atoms with Crippen molar-refractivity contribution in [3.05, 3.63) is 34.9 Å². The molecule has 0 aliphatic carbocycles. The highest BCUT2D eigenvalue weighted by atomic mass is 35.5. The van der Waals surface area contributed by atoms with Gasteiger partial charge in [0.05, 0.1) is 5.92 Å². The summed E-state index contributed by atoms with van der Waals surface area (Å²) in [5, 5.41) is 9.67. The summed E-state index contributed by atoms with van der Waals surface area (Å²) in [6, 6.07) is 7.40. The normalized spacial score (nSPS) is 25.5. The molecule has 0 bridgehead atoms. The molecule has 1 aliphatic rings. The molecule has 2 nitrogen and oxygen atoms in total. The number of hydrogen-bond donors (Lipinski definition) is 1. The van der Waals surface area contributed by atoms with Gasteiger partial charge in [0.25, 0.3) is 0 Å². The number of halogens is 1. The first-order chi connectivity index (χ1) is 6.68. The molecule has 0 radical (unpaired) electrons. The van der Waals surface area contributed by atoms with E-state index in [0.29, 0.717) is 10.8 Å². The van der Waals surface area contributed by atoms with Gasteiger partial charge in [-0.25, -0.2) is 0 Å². The van der Waals surface area contributed by atoms with Gasteiger partial charge in [-0.15, -0.1) is 0 Å². The van der Waals surface area contributed by atoms with Crippen molar-refractivity contribution in [3.63, 3.8) is 0 Å². The summed E-state index contributed by atoms with van der Waals surface area (Å²) >= 11 is 7.43. The lowest BCUT2D eigenvalue weighted by molar-refractivity contribution is -0.141. The van der Waals surface area contributed by atoms with Crippen LogP contribution in [0.1, 0.15) is 10.8 Å². The van der Waals surface area contributed by atoms with E-state index in [-0.39, 0.29) is 11.2 Å². The SMILES string of the molecule is O=C(O)C1CSC1c1ccc(Cl)cc1. The Balaban J connectivity index is 2.16. The summed E-state index contributed by atoms with van der Waals surface area (Å²) in [4.78, 5) is 10.8. The van der Waals surface area contributed by atoms with E-state index in [9.17, 15) is 4.79 Å². The average Bonchev–Trinajstić information content (AvgIpc) is 2.05. The molecule has 2 rings (SSSR count). The highest BCUT2D eigenvalue weighted by Crippen LogP contribution is 2.47. The third kappa shape index (κ3) is 1.74. The Morgan fingerprint density at radius 3 is 2.50 bits per heavy atom. The van der Waals surface area contributed by atoms with Crippen LogP contribution in [0.25, 0.3) is 0 Å². The molecule has 2 atom stereocenters. The van der Waals surface area contributed by atoms with E-state index in [1.807, 2.05) is 12.1 Å². The van der Waals surface area contributed by atoms with Crippen molar-refractivity contribution in [2.75, 3.05) is 5.75 Å². The molecule has 0 saturated carbocycles. The van der Waals surface area contributed by atoms with Gasteiger partial charge >= 0.3 is 5.97 Å². The van der Waals surface area contributed by atoms with Crippen molar-refractivity contribution in [1.29, 1.82) is 0 Å². The molecule has 1 aromatic carbocycles. The van der Waals surface area contributed by atoms with Gasteiger partial charge < -0.3 is 5.11 Å². The van der Waals surface area contributed by atoms with Crippen LogP contribution in [0.5, 0.6) is 0 Å². The molecule has 1 fully saturated rings. The van der Waals surface area contributed by atoms with Crippen LogP contribution < -0.4 is 0 Å². The van der Waals surface area contributed by atoms with Crippen LogP contribution in [0, 0.1) is 5.92 Å². The van der Waals surface area contributed by atoms with Gasteiger partial charge in [-0.05, 0) is 17.7 Å². The van der Waals surface area contributed by atoms with E-state index in [0.717, 1.165) is 5.56 Å². The minimum atomic E-state index is -0.705. The first-order valence-electron chi connectivity index (χ1n) is 4.28. The maximum atomic E-state index is 10.8. The Bertz CT molecular complexity index is 350. The molecule has 14 heavy (non-hydrogen) atoms. The summed E-state index contributed by atoms with van der Waals surface area (Å²) in [6.07, 6.45) is 0. The summed E-state index contributed by atoms with van der Waals surface area (Å²) in [5.74, 6) is -0.229.